The van der Waals surface area contributed by atoms with E-state index in [1.807, 2.05) is 0 Å². The standard InChI is InChI=1S/C11H11F2N3O2/c1-2-18-11(17)9-7(10(12)13)3-6(4-14)16-8(9)5-15/h3,10H,2,5,15H2,1H3. The van der Waals surface area contributed by atoms with E-state index in [1.54, 1.807) is 13.0 Å². The molecule has 96 valence electrons. The molecule has 1 aromatic rings. The third-order valence-electron chi connectivity index (χ3n) is 2.15. The minimum atomic E-state index is -2.91. The molecule has 0 bridgehead atoms. The van der Waals surface area contributed by atoms with Crippen LogP contribution in [0.5, 0.6) is 0 Å². The van der Waals surface area contributed by atoms with Gasteiger partial charge in [0.2, 0.25) is 0 Å². The molecule has 1 rings (SSSR count). The number of hydrogen-bond donors (Lipinski definition) is 1. The zero-order valence-electron chi connectivity index (χ0n) is 9.61. The third-order valence-corrected chi connectivity index (χ3v) is 2.15. The smallest absolute Gasteiger partial charge is 0.340 e. The molecular formula is C11H11F2N3O2. The van der Waals surface area contributed by atoms with Crippen LogP contribution < -0.4 is 5.73 Å². The Bertz CT molecular complexity index is 498. The van der Waals surface area contributed by atoms with Crippen molar-refractivity contribution in [1.82, 2.24) is 4.98 Å². The van der Waals surface area contributed by atoms with Gasteiger partial charge in [0, 0.05) is 12.1 Å². The van der Waals surface area contributed by atoms with Crippen LogP contribution in [-0.2, 0) is 11.3 Å². The maximum atomic E-state index is 12.9. The van der Waals surface area contributed by atoms with Crippen LogP contribution in [0.25, 0.3) is 0 Å². The number of pyridine rings is 1. The number of aromatic nitrogens is 1. The van der Waals surface area contributed by atoms with Crippen molar-refractivity contribution in [1.29, 1.82) is 5.26 Å². The van der Waals surface area contributed by atoms with Crippen LogP contribution in [0.4, 0.5) is 8.78 Å². The van der Waals surface area contributed by atoms with Gasteiger partial charge < -0.3 is 10.5 Å². The summed E-state index contributed by atoms with van der Waals surface area (Å²) in [6, 6.07) is 2.51. The number of alkyl halides is 2. The second-order valence-electron chi connectivity index (χ2n) is 3.26. The minimum absolute atomic E-state index is 0.0471. The first kappa shape index (κ1) is 14.0. The van der Waals surface area contributed by atoms with Crippen LogP contribution in [0.3, 0.4) is 0 Å². The molecule has 5 nitrogen and oxygen atoms in total. The van der Waals surface area contributed by atoms with Crippen LogP contribution in [0.1, 0.15) is 40.7 Å². The maximum Gasteiger partial charge on any atom is 0.340 e. The zero-order valence-corrected chi connectivity index (χ0v) is 9.61. The molecule has 0 unspecified atom stereocenters. The van der Waals surface area contributed by atoms with Crippen LogP contribution >= 0.6 is 0 Å². The van der Waals surface area contributed by atoms with E-state index in [4.69, 9.17) is 11.0 Å². The van der Waals surface area contributed by atoms with Crippen molar-refractivity contribution < 1.29 is 18.3 Å². The first-order valence-electron chi connectivity index (χ1n) is 5.14. The Morgan fingerprint density at radius 2 is 2.33 bits per heavy atom. The summed E-state index contributed by atoms with van der Waals surface area (Å²) in [6.45, 7) is 1.37. The molecule has 0 aliphatic heterocycles. The van der Waals surface area contributed by atoms with Gasteiger partial charge in [-0.2, -0.15) is 5.26 Å². The summed E-state index contributed by atoms with van der Waals surface area (Å²) in [5, 5.41) is 8.68. The van der Waals surface area contributed by atoms with Crippen molar-refractivity contribution in [3.63, 3.8) is 0 Å². The van der Waals surface area contributed by atoms with Gasteiger partial charge in [-0.3, -0.25) is 0 Å². The van der Waals surface area contributed by atoms with Crippen molar-refractivity contribution >= 4 is 5.97 Å². The van der Waals surface area contributed by atoms with Crippen molar-refractivity contribution in [2.24, 2.45) is 5.73 Å². The van der Waals surface area contributed by atoms with E-state index in [0.717, 1.165) is 6.07 Å². The molecule has 0 atom stereocenters. The normalized spacial score (nSPS) is 10.2. The summed E-state index contributed by atoms with van der Waals surface area (Å²) in [5.74, 6) is -0.912. The SMILES string of the molecule is CCOC(=O)c1c(C(F)F)cc(C#N)nc1CN. The van der Waals surface area contributed by atoms with Gasteiger partial charge >= 0.3 is 5.97 Å². The molecule has 0 amide bonds. The molecule has 0 aromatic carbocycles. The van der Waals surface area contributed by atoms with E-state index in [-0.39, 0.29) is 30.1 Å². The molecule has 1 heterocycles. The number of rotatable bonds is 4. The Hall–Kier alpha value is -2.07. The summed E-state index contributed by atoms with van der Waals surface area (Å²) in [5.41, 5.74) is 4.14. The lowest BCUT2D eigenvalue weighted by Gasteiger charge is -2.12. The second-order valence-corrected chi connectivity index (χ2v) is 3.26. The maximum absolute atomic E-state index is 12.9. The van der Waals surface area contributed by atoms with E-state index in [0.29, 0.717) is 0 Å². The average Bonchev–Trinajstić information content (AvgIpc) is 2.37. The fraction of sp³-hybridized carbons (Fsp3) is 0.364. The number of carbonyl (C=O) groups excluding carboxylic acids is 1. The number of hydrogen-bond acceptors (Lipinski definition) is 5. The Kier molecular flexibility index (Phi) is 4.68. The van der Waals surface area contributed by atoms with Crippen LogP contribution in [-0.4, -0.2) is 17.6 Å². The first-order valence-corrected chi connectivity index (χ1v) is 5.14. The molecule has 0 aliphatic rings. The predicted molar refractivity (Wildman–Crippen MR) is 57.8 cm³/mol. The molecule has 7 heteroatoms. The number of ether oxygens (including phenoxy) is 1. The van der Waals surface area contributed by atoms with E-state index in [9.17, 15) is 13.6 Å². The summed E-state index contributed by atoms with van der Waals surface area (Å²) >= 11 is 0. The van der Waals surface area contributed by atoms with E-state index in [2.05, 4.69) is 9.72 Å². The molecule has 0 radical (unpaired) electrons. The number of halogens is 2. The summed E-state index contributed by atoms with van der Waals surface area (Å²) in [7, 11) is 0. The van der Waals surface area contributed by atoms with Crippen LogP contribution in [0.2, 0.25) is 0 Å². The van der Waals surface area contributed by atoms with Gasteiger partial charge in [-0.15, -0.1) is 0 Å². The molecule has 0 saturated heterocycles. The number of esters is 1. The van der Waals surface area contributed by atoms with Gasteiger partial charge in [0.1, 0.15) is 11.8 Å². The molecule has 18 heavy (non-hydrogen) atoms. The highest BCUT2D eigenvalue weighted by Crippen LogP contribution is 2.26. The molecule has 0 spiro atoms. The molecule has 0 aliphatic carbocycles. The summed E-state index contributed by atoms with van der Waals surface area (Å²) in [4.78, 5) is 15.4. The van der Waals surface area contributed by atoms with Crippen molar-refractivity contribution in [2.75, 3.05) is 6.61 Å². The van der Waals surface area contributed by atoms with Gasteiger partial charge in [0.05, 0.1) is 17.9 Å². The fourth-order valence-corrected chi connectivity index (χ4v) is 1.44. The number of nitriles is 1. The lowest BCUT2D eigenvalue weighted by Crippen LogP contribution is -2.16. The number of carbonyl (C=O) groups is 1. The molecular weight excluding hydrogens is 244 g/mol. The second kappa shape index (κ2) is 6.02. The largest absolute Gasteiger partial charge is 0.462 e. The molecule has 0 fully saturated rings. The predicted octanol–water partition coefficient (Wildman–Crippen LogP) is 1.53. The van der Waals surface area contributed by atoms with E-state index >= 15 is 0 Å². The summed E-state index contributed by atoms with van der Waals surface area (Å²) in [6.07, 6.45) is -2.91. The minimum Gasteiger partial charge on any atom is -0.462 e. The lowest BCUT2D eigenvalue weighted by atomic mass is 10.1. The quantitative estimate of drug-likeness (QED) is 0.824. The Morgan fingerprint density at radius 1 is 1.67 bits per heavy atom. The first-order chi connectivity index (χ1) is 8.54. The van der Waals surface area contributed by atoms with Crippen molar-refractivity contribution in [3.8, 4) is 6.07 Å². The average molecular weight is 255 g/mol. The molecule has 2 N–H and O–H groups in total. The molecule has 1 aromatic heterocycles. The van der Waals surface area contributed by atoms with Crippen molar-refractivity contribution in [3.05, 3.63) is 28.6 Å². The summed E-state index contributed by atoms with van der Waals surface area (Å²) < 4.78 is 30.4. The third kappa shape index (κ3) is 2.78. The van der Waals surface area contributed by atoms with Crippen LogP contribution in [0, 0.1) is 11.3 Å². The van der Waals surface area contributed by atoms with Crippen molar-refractivity contribution in [2.45, 2.75) is 19.9 Å². The van der Waals surface area contributed by atoms with Gasteiger partial charge in [-0.25, -0.2) is 18.6 Å². The monoisotopic (exact) mass is 255 g/mol. The van der Waals surface area contributed by atoms with E-state index < -0.39 is 18.0 Å². The highest BCUT2D eigenvalue weighted by atomic mass is 19.3. The van der Waals surface area contributed by atoms with E-state index in [1.165, 1.54) is 0 Å². The fourth-order valence-electron chi connectivity index (χ4n) is 1.44. The Morgan fingerprint density at radius 3 is 2.78 bits per heavy atom. The highest BCUT2D eigenvalue weighted by Gasteiger charge is 2.24. The number of nitrogens with zero attached hydrogens (tertiary/aromatic N) is 2. The Balaban J connectivity index is 3.45. The Labute approximate surface area is 102 Å². The topological polar surface area (TPSA) is 89.0 Å². The van der Waals surface area contributed by atoms with Gasteiger partial charge in [-0.1, -0.05) is 0 Å². The molecule has 0 saturated carbocycles. The zero-order chi connectivity index (χ0) is 13.7. The van der Waals surface area contributed by atoms with Gasteiger partial charge in [0.15, 0.2) is 0 Å². The highest BCUT2D eigenvalue weighted by molar-refractivity contribution is 5.92. The number of nitrogens with two attached hydrogens (primary N) is 1. The van der Waals surface area contributed by atoms with Crippen LogP contribution in [0.15, 0.2) is 6.07 Å². The lowest BCUT2D eigenvalue weighted by molar-refractivity contribution is 0.0513. The van der Waals surface area contributed by atoms with Gasteiger partial charge in [-0.05, 0) is 13.0 Å². The van der Waals surface area contributed by atoms with Gasteiger partial charge in [0.25, 0.3) is 6.43 Å².